The molecule has 0 aromatic carbocycles. The fourth-order valence-corrected chi connectivity index (χ4v) is 2.33. The number of rotatable bonds is 5. The third kappa shape index (κ3) is 3.32. The Bertz CT molecular complexity index is 373. The Balaban J connectivity index is 2.00. The molecule has 1 aromatic heterocycles. The molecule has 1 aromatic rings. The maximum Gasteiger partial charge on any atom is 0.235 e. The van der Waals surface area contributed by atoms with Gasteiger partial charge in [-0.3, -0.25) is 4.98 Å². The number of ether oxygens (including phenoxy) is 2. The molecular formula is C13H21N3O2. The van der Waals surface area contributed by atoms with Crippen LogP contribution < -0.4 is 14.8 Å². The summed E-state index contributed by atoms with van der Waals surface area (Å²) in [7, 11) is 1.98. The van der Waals surface area contributed by atoms with Crippen LogP contribution in [0, 0.1) is 0 Å². The molecular weight excluding hydrogens is 230 g/mol. The van der Waals surface area contributed by atoms with Crippen molar-refractivity contribution in [1.29, 1.82) is 0 Å². The molecule has 0 spiro atoms. The highest BCUT2D eigenvalue weighted by molar-refractivity contribution is 5.13. The second kappa shape index (κ2) is 6.54. The number of nitrogens with one attached hydrogen (secondary N) is 1. The van der Waals surface area contributed by atoms with Crippen LogP contribution in [0.15, 0.2) is 12.4 Å². The van der Waals surface area contributed by atoms with Crippen LogP contribution in [0.25, 0.3) is 0 Å². The molecule has 5 nitrogen and oxygen atoms in total. The van der Waals surface area contributed by atoms with Gasteiger partial charge in [-0.05, 0) is 33.2 Å². The first-order valence-electron chi connectivity index (χ1n) is 6.62. The van der Waals surface area contributed by atoms with Crippen LogP contribution in [0.3, 0.4) is 0 Å². The number of hydrogen-bond donors (Lipinski definition) is 1. The van der Waals surface area contributed by atoms with Gasteiger partial charge in [-0.15, -0.1) is 0 Å². The molecule has 1 N–H and O–H groups in total. The Kier molecular flexibility index (Phi) is 4.75. The summed E-state index contributed by atoms with van der Waals surface area (Å²) in [6.07, 6.45) is 8.11. The average molecular weight is 251 g/mol. The molecule has 1 aliphatic carbocycles. The molecule has 0 amide bonds. The van der Waals surface area contributed by atoms with E-state index >= 15 is 0 Å². The highest BCUT2D eigenvalue weighted by atomic mass is 16.5. The predicted octanol–water partition coefficient (Wildman–Crippen LogP) is 1.78. The monoisotopic (exact) mass is 251 g/mol. The molecule has 5 heteroatoms. The topological polar surface area (TPSA) is 56.3 Å². The number of hydrogen-bond acceptors (Lipinski definition) is 5. The van der Waals surface area contributed by atoms with Crippen LogP contribution >= 0.6 is 0 Å². The first-order valence-corrected chi connectivity index (χ1v) is 6.62. The first kappa shape index (κ1) is 13.1. The molecule has 2 unspecified atom stereocenters. The summed E-state index contributed by atoms with van der Waals surface area (Å²) in [5.41, 5.74) is 0. The van der Waals surface area contributed by atoms with E-state index in [0.29, 0.717) is 24.4 Å². The standard InChI is InChI=1S/C13H21N3O2/c1-3-17-12-8-15-9-13(16-12)18-11-7-5-4-6-10(11)14-2/h8-11,14H,3-7H2,1-2H3. The van der Waals surface area contributed by atoms with Crippen LogP contribution in [0.1, 0.15) is 32.6 Å². The van der Waals surface area contributed by atoms with Crippen molar-refractivity contribution in [3.05, 3.63) is 12.4 Å². The van der Waals surface area contributed by atoms with Crippen molar-refractivity contribution in [3.63, 3.8) is 0 Å². The van der Waals surface area contributed by atoms with Crippen molar-refractivity contribution >= 4 is 0 Å². The first-order chi connectivity index (χ1) is 8.83. The van der Waals surface area contributed by atoms with Gasteiger partial charge in [-0.25, -0.2) is 0 Å². The van der Waals surface area contributed by atoms with Crippen LogP contribution in [0.4, 0.5) is 0 Å². The smallest absolute Gasteiger partial charge is 0.235 e. The molecule has 0 aliphatic heterocycles. The molecule has 0 bridgehead atoms. The van der Waals surface area contributed by atoms with Gasteiger partial charge in [-0.2, -0.15) is 4.98 Å². The maximum absolute atomic E-state index is 5.93. The molecule has 2 rings (SSSR count). The summed E-state index contributed by atoms with van der Waals surface area (Å²) in [5.74, 6) is 1.07. The van der Waals surface area contributed by atoms with Crippen molar-refractivity contribution in [2.45, 2.75) is 44.8 Å². The average Bonchev–Trinajstić information content (AvgIpc) is 2.40. The zero-order valence-corrected chi connectivity index (χ0v) is 11.1. The van der Waals surface area contributed by atoms with E-state index in [0.717, 1.165) is 12.8 Å². The van der Waals surface area contributed by atoms with Gasteiger partial charge in [0.25, 0.3) is 0 Å². The van der Waals surface area contributed by atoms with Gasteiger partial charge in [0, 0.05) is 6.04 Å². The van der Waals surface area contributed by atoms with Crippen molar-refractivity contribution in [3.8, 4) is 11.8 Å². The van der Waals surface area contributed by atoms with E-state index in [2.05, 4.69) is 15.3 Å². The molecule has 1 fully saturated rings. The summed E-state index contributed by atoms with van der Waals surface area (Å²) < 4.78 is 11.2. The largest absolute Gasteiger partial charge is 0.477 e. The van der Waals surface area contributed by atoms with Gasteiger partial charge in [0.1, 0.15) is 6.10 Å². The number of aromatic nitrogens is 2. The fraction of sp³-hybridized carbons (Fsp3) is 0.692. The van der Waals surface area contributed by atoms with Gasteiger partial charge < -0.3 is 14.8 Å². The Labute approximate surface area is 108 Å². The fourth-order valence-electron chi connectivity index (χ4n) is 2.33. The molecule has 0 radical (unpaired) electrons. The highest BCUT2D eigenvalue weighted by Gasteiger charge is 2.25. The molecule has 0 saturated heterocycles. The Morgan fingerprint density at radius 2 is 2.06 bits per heavy atom. The van der Waals surface area contributed by atoms with Crippen LogP contribution in [-0.4, -0.2) is 35.8 Å². The highest BCUT2D eigenvalue weighted by Crippen LogP contribution is 2.23. The van der Waals surface area contributed by atoms with E-state index in [1.807, 2.05) is 14.0 Å². The maximum atomic E-state index is 5.93. The van der Waals surface area contributed by atoms with Crippen molar-refractivity contribution in [2.75, 3.05) is 13.7 Å². The van der Waals surface area contributed by atoms with E-state index in [-0.39, 0.29) is 6.10 Å². The molecule has 1 saturated carbocycles. The Morgan fingerprint density at radius 1 is 1.28 bits per heavy atom. The minimum atomic E-state index is 0.176. The van der Waals surface area contributed by atoms with Gasteiger partial charge in [-0.1, -0.05) is 6.42 Å². The Hall–Kier alpha value is -1.36. The predicted molar refractivity (Wildman–Crippen MR) is 68.9 cm³/mol. The number of nitrogens with zero attached hydrogens (tertiary/aromatic N) is 2. The van der Waals surface area contributed by atoms with E-state index in [4.69, 9.17) is 9.47 Å². The van der Waals surface area contributed by atoms with E-state index < -0.39 is 0 Å². The molecule has 18 heavy (non-hydrogen) atoms. The van der Waals surface area contributed by atoms with E-state index in [9.17, 15) is 0 Å². The number of likely N-dealkylation sites (N-methyl/N-ethyl adjacent to an activating group) is 1. The molecule has 100 valence electrons. The summed E-state index contributed by atoms with van der Waals surface area (Å²) in [4.78, 5) is 8.38. The molecule has 1 heterocycles. The van der Waals surface area contributed by atoms with Gasteiger partial charge >= 0.3 is 0 Å². The Morgan fingerprint density at radius 3 is 2.83 bits per heavy atom. The lowest BCUT2D eigenvalue weighted by Gasteiger charge is -2.31. The summed E-state index contributed by atoms with van der Waals surface area (Å²) in [6, 6.07) is 0.399. The minimum absolute atomic E-state index is 0.176. The summed E-state index contributed by atoms with van der Waals surface area (Å²) in [6.45, 7) is 2.51. The second-order valence-corrected chi connectivity index (χ2v) is 4.46. The van der Waals surface area contributed by atoms with Crippen LogP contribution in [-0.2, 0) is 0 Å². The van der Waals surface area contributed by atoms with Gasteiger partial charge in [0.2, 0.25) is 11.8 Å². The lowest BCUT2D eigenvalue weighted by molar-refractivity contribution is 0.111. The van der Waals surface area contributed by atoms with E-state index in [1.54, 1.807) is 12.4 Å². The second-order valence-electron chi connectivity index (χ2n) is 4.46. The van der Waals surface area contributed by atoms with Gasteiger partial charge in [0.15, 0.2) is 0 Å². The molecule has 2 atom stereocenters. The SMILES string of the molecule is CCOc1cncc(OC2CCCCC2NC)n1. The van der Waals surface area contributed by atoms with E-state index in [1.165, 1.54) is 12.8 Å². The zero-order valence-electron chi connectivity index (χ0n) is 11.1. The van der Waals surface area contributed by atoms with Gasteiger partial charge in [0.05, 0.1) is 19.0 Å². The van der Waals surface area contributed by atoms with Crippen molar-refractivity contribution in [1.82, 2.24) is 15.3 Å². The lowest BCUT2D eigenvalue weighted by Crippen LogP contribution is -2.43. The summed E-state index contributed by atoms with van der Waals surface area (Å²) >= 11 is 0. The third-order valence-electron chi connectivity index (χ3n) is 3.23. The van der Waals surface area contributed by atoms with Crippen molar-refractivity contribution in [2.24, 2.45) is 0 Å². The van der Waals surface area contributed by atoms with Crippen molar-refractivity contribution < 1.29 is 9.47 Å². The quantitative estimate of drug-likeness (QED) is 0.864. The van der Waals surface area contributed by atoms with Crippen LogP contribution in [0.5, 0.6) is 11.8 Å². The zero-order chi connectivity index (χ0) is 12.8. The minimum Gasteiger partial charge on any atom is -0.477 e. The van der Waals surface area contributed by atoms with Crippen LogP contribution in [0.2, 0.25) is 0 Å². The summed E-state index contributed by atoms with van der Waals surface area (Å²) in [5, 5.41) is 3.31. The lowest BCUT2D eigenvalue weighted by atomic mass is 9.92. The normalized spacial score (nSPS) is 23.7. The third-order valence-corrected chi connectivity index (χ3v) is 3.23. The molecule has 1 aliphatic rings.